The average Bonchev–Trinajstić information content (AvgIpc) is 2.94. The first-order valence-corrected chi connectivity index (χ1v) is 8.18. The van der Waals surface area contributed by atoms with Crippen molar-refractivity contribution in [2.45, 2.75) is 25.0 Å². The summed E-state index contributed by atoms with van der Waals surface area (Å²) in [4.78, 5) is 19.7. The molecule has 0 saturated carbocycles. The van der Waals surface area contributed by atoms with Crippen LogP contribution in [0.3, 0.4) is 0 Å². The number of hydrogen-bond acceptors (Lipinski definition) is 4. The highest BCUT2D eigenvalue weighted by atomic mass is 16.5. The maximum atomic E-state index is 12.0. The molecule has 0 aromatic carbocycles. The Kier molecular flexibility index (Phi) is 4.82. The summed E-state index contributed by atoms with van der Waals surface area (Å²) in [5.41, 5.74) is 0.816. The third-order valence-electron chi connectivity index (χ3n) is 4.76. The Balaban J connectivity index is 1.43. The van der Waals surface area contributed by atoms with Crippen LogP contribution in [0.4, 0.5) is 4.79 Å². The van der Waals surface area contributed by atoms with Crippen LogP contribution in [0.5, 0.6) is 0 Å². The lowest BCUT2D eigenvalue weighted by molar-refractivity contribution is -0.120. The topological polar surface area (TPSA) is 54.9 Å². The van der Waals surface area contributed by atoms with Gasteiger partial charge in [0.1, 0.15) is 5.60 Å². The minimum atomic E-state index is -0.139. The molecular formula is C17H25N3O3. The van der Waals surface area contributed by atoms with Crippen LogP contribution in [0, 0.1) is 5.92 Å². The van der Waals surface area contributed by atoms with E-state index in [1.165, 1.54) is 0 Å². The normalized spacial score (nSPS) is 22.2. The van der Waals surface area contributed by atoms with Crippen molar-refractivity contribution in [2.75, 3.05) is 40.4 Å². The summed E-state index contributed by atoms with van der Waals surface area (Å²) in [6, 6.07) is 5.91. The van der Waals surface area contributed by atoms with Crippen molar-refractivity contribution in [3.8, 4) is 0 Å². The minimum Gasteiger partial charge on any atom is -0.375 e. The molecule has 0 unspecified atom stereocenters. The summed E-state index contributed by atoms with van der Waals surface area (Å²) < 4.78 is 11.7. The number of nitrogens with zero attached hydrogens (tertiary/aromatic N) is 3. The lowest BCUT2D eigenvalue weighted by Gasteiger charge is -2.50. The van der Waals surface area contributed by atoms with Gasteiger partial charge in [0, 0.05) is 33.5 Å². The molecule has 1 spiro atoms. The van der Waals surface area contributed by atoms with Gasteiger partial charge < -0.3 is 19.3 Å². The van der Waals surface area contributed by atoms with Gasteiger partial charge in [-0.05, 0) is 30.9 Å². The number of hydrogen-bond donors (Lipinski definition) is 0. The SMILES string of the molecule is CN(C)C(=O)N1CC2(C1)OCC[C@H]2CCOCc1ccccn1. The molecule has 3 rings (SSSR count). The summed E-state index contributed by atoms with van der Waals surface area (Å²) in [7, 11) is 3.57. The van der Waals surface area contributed by atoms with Gasteiger partial charge in [-0.2, -0.15) is 0 Å². The zero-order valence-corrected chi connectivity index (χ0v) is 13.9. The standard InChI is InChI=1S/C17H25N3O3/c1-19(2)16(21)20-12-17(13-20)14(7-10-23-17)6-9-22-11-15-5-3-4-8-18-15/h3-5,8,14H,6-7,9-13H2,1-2H3/t14-/m1/s1. The Hall–Kier alpha value is -1.66. The van der Waals surface area contributed by atoms with Crippen molar-refractivity contribution in [1.82, 2.24) is 14.8 Å². The van der Waals surface area contributed by atoms with E-state index in [1.54, 1.807) is 25.2 Å². The summed E-state index contributed by atoms with van der Waals surface area (Å²) >= 11 is 0. The maximum absolute atomic E-state index is 12.0. The molecule has 1 atom stereocenters. The molecule has 2 saturated heterocycles. The zero-order chi connectivity index (χ0) is 16.3. The number of likely N-dealkylation sites (tertiary alicyclic amines) is 1. The highest BCUT2D eigenvalue weighted by molar-refractivity contribution is 5.75. The molecule has 0 aliphatic carbocycles. The first kappa shape index (κ1) is 16.2. The molecule has 2 aliphatic heterocycles. The van der Waals surface area contributed by atoms with Crippen LogP contribution in [-0.2, 0) is 16.1 Å². The number of carbonyl (C=O) groups is 1. The molecular weight excluding hydrogens is 294 g/mol. The monoisotopic (exact) mass is 319 g/mol. The summed E-state index contributed by atoms with van der Waals surface area (Å²) in [5, 5.41) is 0. The summed E-state index contributed by atoms with van der Waals surface area (Å²) in [6.45, 7) is 3.44. The van der Waals surface area contributed by atoms with Gasteiger partial charge in [-0.1, -0.05) is 6.07 Å². The molecule has 2 fully saturated rings. The van der Waals surface area contributed by atoms with Crippen molar-refractivity contribution in [1.29, 1.82) is 0 Å². The molecule has 0 bridgehead atoms. The predicted molar refractivity (Wildman–Crippen MR) is 86.0 cm³/mol. The van der Waals surface area contributed by atoms with Gasteiger partial charge in [-0.15, -0.1) is 0 Å². The van der Waals surface area contributed by atoms with Gasteiger partial charge in [-0.3, -0.25) is 4.98 Å². The molecule has 1 aromatic heterocycles. The zero-order valence-electron chi connectivity index (χ0n) is 13.9. The number of ether oxygens (including phenoxy) is 2. The second-order valence-corrected chi connectivity index (χ2v) is 6.59. The molecule has 3 heterocycles. The summed E-state index contributed by atoms with van der Waals surface area (Å²) in [5.74, 6) is 0.470. The number of carbonyl (C=O) groups excluding carboxylic acids is 1. The lowest BCUT2D eigenvalue weighted by Crippen LogP contribution is -2.67. The number of urea groups is 1. The second-order valence-electron chi connectivity index (χ2n) is 6.59. The van der Waals surface area contributed by atoms with E-state index < -0.39 is 0 Å². The fourth-order valence-corrected chi connectivity index (χ4v) is 3.45. The van der Waals surface area contributed by atoms with Gasteiger partial charge in [0.2, 0.25) is 0 Å². The van der Waals surface area contributed by atoms with Crippen molar-refractivity contribution in [2.24, 2.45) is 5.92 Å². The molecule has 0 radical (unpaired) electrons. The number of pyridine rings is 1. The Labute approximate surface area is 137 Å². The van der Waals surface area contributed by atoms with Gasteiger partial charge >= 0.3 is 6.03 Å². The van der Waals surface area contributed by atoms with Crippen LogP contribution in [0.1, 0.15) is 18.5 Å². The van der Waals surface area contributed by atoms with Crippen LogP contribution in [-0.4, -0.2) is 66.8 Å². The van der Waals surface area contributed by atoms with E-state index in [4.69, 9.17) is 9.47 Å². The minimum absolute atomic E-state index is 0.0660. The van der Waals surface area contributed by atoms with E-state index in [1.807, 2.05) is 23.1 Å². The molecule has 0 N–H and O–H groups in total. The first-order valence-electron chi connectivity index (χ1n) is 8.18. The fourth-order valence-electron chi connectivity index (χ4n) is 3.45. The van der Waals surface area contributed by atoms with Crippen LogP contribution in [0.2, 0.25) is 0 Å². The number of rotatable bonds is 5. The van der Waals surface area contributed by atoms with E-state index >= 15 is 0 Å². The molecule has 2 aliphatic rings. The van der Waals surface area contributed by atoms with E-state index in [0.29, 0.717) is 32.2 Å². The first-order chi connectivity index (χ1) is 11.1. The maximum Gasteiger partial charge on any atom is 0.319 e. The van der Waals surface area contributed by atoms with Crippen LogP contribution in [0.25, 0.3) is 0 Å². The lowest BCUT2D eigenvalue weighted by atomic mass is 9.79. The Morgan fingerprint density at radius 3 is 3.00 bits per heavy atom. The Morgan fingerprint density at radius 2 is 2.30 bits per heavy atom. The quantitative estimate of drug-likeness (QED) is 0.776. The largest absolute Gasteiger partial charge is 0.375 e. The van der Waals surface area contributed by atoms with Crippen molar-refractivity contribution in [3.05, 3.63) is 30.1 Å². The Bertz CT molecular complexity index is 529. The second kappa shape index (κ2) is 6.84. The third kappa shape index (κ3) is 3.48. The Morgan fingerprint density at radius 1 is 1.48 bits per heavy atom. The van der Waals surface area contributed by atoms with Gasteiger partial charge in [-0.25, -0.2) is 4.79 Å². The smallest absolute Gasteiger partial charge is 0.319 e. The molecule has 6 nitrogen and oxygen atoms in total. The highest BCUT2D eigenvalue weighted by Crippen LogP contribution is 2.41. The summed E-state index contributed by atoms with van der Waals surface area (Å²) in [6.07, 6.45) is 3.80. The van der Waals surface area contributed by atoms with Gasteiger partial charge in [0.25, 0.3) is 0 Å². The van der Waals surface area contributed by atoms with E-state index in [9.17, 15) is 4.79 Å². The fraction of sp³-hybridized carbons (Fsp3) is 0.647. The van der Waals surface area contributed by atoms with Crippen LogP contribution >= 0.6 is 0 Å². The van der Waals surface area contributed by atoms with E-state index in [-0.39, 0.29) is 11.6 Å². The van der Waals surface area contributed by atoms with Crippen molar-refractivity contribution in [3.63, 3.8) is 0 Å². The molecule has 1 aromatic rings. The predicted octanol–water partition coefficient (Wildman–Crippen LogP) is 1.76. The molecule has 2 amide bonds. The van der Waals surface area contributed by atoms with Gasteiger partial charge in [0.05, 0.1) is 25.4 Å². The van der Waals surface area contributed by atoms with E-state index in [2.05, 4.69) is 4.98 Å². The molecule has 126 valence electrons. The van der Waals surface area contributed by atoms with Gasteiger partial charge in [0.15, 0.2) is 0 Å². The van der Waals surface area contributed by atoms with Crippen LogP contribution in [0.15, 0.2) is 24.4 Å². The van der Waals surface area contributed by atoms with Crippen molar-refractivity contribution >= 4 is 6.03 Å². The molecule has 23 heavy (non-hydrogen) atoms. The van der Waals surface area contributed by atoms with E-state index in [0.717, 1.165) is 25.1 Å². The number of amides is 2. The number of aromatic nitrogens is 1. The average molecular weight is 319 g/mol. The molecule has 6 heteroatoms. The third-order valence-corrected chi connectivity index (χ3v) is 4.76. The highest BCUT2D eigenvalue weighted by Gasteiger charge is 2.54. The van der Waals surface area contributed by atoms with Crippen molar-refractivity contribution < 1.29 is 14.3 Å². The van der Waals surface area contributed by atoms with Crippen LogP contribution < -0.4 is 0 Å².